The monoisotopic (exact) mass is 485 g/mol. The summed E-state index contributed by atoms with van der Waals surface area (Å²) in [5, 5.41) is 14.0. The van der Waals surface area contributed by atoms with E-state index in [-0.39, 0.29) is 23.1 Å². The van der Waals surface area contributed by atoms with Gasteiger partial charge in [-0.15, -0.1) is 0 Å². The highest BCUT2D eigenvalue weighted by Gasteiger charge is 2.50. The van der Waals surface area contributed by atoms with E-state index in [0.29, 0.717) is 24.3 Å². The summed E-state index contributed by atoms with van der Waals surface area (Å²) < 4.78 is 53.9. The van der Waals surface area contributed by atoms with E-state index >= 15 is 0 Å². The van der Waals surface area contributed by atoms with Crippen LogP contribution in [0.15, 0.2) is 45.8 Å². The van der Waals surface area contributed by atoms with E-state index in [1.54, 1.807) is 0 Å². The molecule has 0 radical (unpaired) electrons. The number of fused-ring (bicyclic) bond motifs is 4. The van der Waals surface area contributed by atoms with Crippen molar-refractivity contribution >= 4 is 21.5 Å². The van der Waals surface area contributed by atoms with Gasteiger partial charge in [-0.3, -0.25) is 4.72 Å². The van der Waals surface area contributed by atoms with Crippen LogP contribution in [0.25, 0.3) is 11.3 Å². The molecule has 3 aromatic rings. The predicted molar refractivity (Wildman–Crippen MR) is 123 cm³/mol. The van der Waals surface area contributed by atoms with Gasteiger partial charge in [0.15, 0.2) is 16.5 Å². The van der Waals surface area contributed by atoms with Gasteiger partial charge in [0.1, 0.15) is 11.6 Å². The predicted octanol–water partition coefficient (Wildman–Crippen LogP) is 3.45. The fourth-order valence-electron chi connectivity index (χ4n) is 5.24. The zero-order valence-corrected chi connectivity index (χ0v) is 19.4. The third-order valence-corrected chi connectivity index (χ3v) is 8.55. The first-order valence-electron chi connectivity index (χ1n) is 11.2. The van der Waals surface area contributed by atoms with Crippen molar-refractivity contribution in [1.82, 2.24) is 5.16 Å². The first-order valence-corrected chi connectivity index (χ1v) is 12.7. The van der Waals surface area contributed by atoms with Crippen molar-refractivity contribution in [3.05, 3.63) is 53.3 Å². The molecule has 6 rings (SSSR count). The Morgan fingerprint density at radius 1 is 1.29 bits per heavy atom. The zero-order chi connectivity index (χ0) is 23.7. The van der Waals surface area contributed by atoms with E-state index in [1.165, 1.54) is 24.8 Å². The largest absolute Gasteiger partial charge is 0.495 e. The molecule has 1 aromatic heterocycles. The number of nitrogens with one attached hydrogen (secondary N) is 1. The normalized spacial score (nSPS) is 20.2. The van der Waals surface area contributed by atoms with Crippen LogP contribution in [0.2, 0.25) is 0 Å². The molecule has 0 bridgehead atoms. The molecule has 1 saturated carbocycles. The van der Waals surface area contributed by atoms with Crippen LogP contribution in [0.4, 0.5) is 15.9 Å². The number of aliphatic hydroxyl groups excluding tert-OH is 1. The van der Waals surface area contributed by atoms with Crippen LogP contribution in [0.1, 0.15) is 30.4 Å². The first kappa shape index (κ1) is 21.4. The summed E-state index contributed by atoms with van der Waals surface area (Å²) >= 11 is 0. The highest BCUT2D eigenvalue weighted by atomic mass is 32.2. The van der Waals surface area contributed by atoms with Gasteiger partial charge >= 0.3 is 0 Å². The van der Waals surface area contributed by atoms with Gasteiger partial charge in [0.2, 0.25) is 0 Å². The zero-order valence-electron chi connectivity index (χ0n) is 18.5. The summed E-state index contributed by atoms with van der Waals surface area (Å²) in [4.78, 5) is 1.56. The number of aliphatic hydroxyl groups is 1. The second kappa shape index (κ2) is 7.44. The topological polar surface area (TPSA) is 105 Å². The molecule has 2 aromatic carbocycles. The molecule has 1 saturated heterocycles. The van der Waals surface area contributed by atoms with E-state index in [0.717, 1.165) is 43.1 Å². The van der Waals surface area contributed by atoms with Crippen molar-refractivity contribution in [3.63, 3.8) is 0 Å². The van der Waals surface area contributed by atoms with Crippen LogP contribution < -0.4 is 14.4 Å². The maximum Gasteiger partial charge on any atom is 0.269 e. The van der Waals surface area contributed by atoms with E-state index in [2.05, 4.69) is 26.9 Å². The number of methoxy groups -OCH3 is 1. The molecule has 1 spiro atoms. The third kappa shape index (κ3) is 3.27. The van der Waals surface area contributed by atoms with Gasteiger partial charge in [0, 0.05) is 35.3 Å². The molecular weight excluding hydrogens is 461 g/mol. The van der Waals surface area contributed by atoms with E-state index in [9.17, 15) is 17.9 Å². The van der Waals surface area contributed by atoms with Gasteiger partial charge in [0.25, 0.3) is 10.0 Å². The van der Waals surface area contributed by atoms with Gasteiger partial charge < -0.3 is 19.3 Å². The minimum absolute atomic E-state index is 0.0687. The van der Waals surface area contributed by atoms with Crippen LogP contribution in [0.3, 0.4) is 0 Å². The molecule has 3 aliphatic rings. The lowest BCUT2D eigenvalue weighted by Crippen LogP contribution is -2.23. The van der Waals surface area contributed by atoms with Crippen molar-refractivity contribution in [3.8, 4) is 17.1 Å². The Bertz CT molecular complexity index is 1400. The lowest BCUT2D eigenvalue weighted by molar-refractivity contribution is 0.198. The number of benzene rings is 2. The number of ether oxygens (including phenoxy) is 1. The second-order valence-corrected chi connectivity index (χ2v) is 10.9. The highest BCUT2D eigenvalue weighted by Crippen LogP contribution is 2.58. The van der Waals surface area contributed by atoms with Crippen molar-refractivity contribution < 1.29 is 27.2 Å². The first-order chi connectivity index (χ1) is 16.3. The summed E-state index contributed by atoms with van der Waals surface area (Å²) in [6.07, 6.45) is 2.94. The van der Waals surface area contributed by atoms with Crippen LogP contribution in [-0.2, 0) is 21.9 Å². The Morgan fingerprint density at radius 3 is 2.82 bits per heavy atom. The van der Waals surface area contributed by atoms with Crippen molar-refractivity contribution in [1.29, 1.82) is 0 Å². The molecule has 1 aliphatic heterocycles. The maximum absolute atomic E-state index is 14.5. The molecule has 10 heteroatoms. The Balaban J connectivity index is 1.40. The number of halogens is 1. The number of rotatable bonds is 5. The minimum Gasteiger partial charge on any atom is -0.495 e. The average molecular weight is 486 g/mol. The number of β-amino-alcohol motifs (C(OH)–C–C–N with tert-alkyl or cyclic N) is 1. The van der Waals surface area contributed by atoms with Crippen molar-refractivity contribution in [2.45, 2.75) is 42.1 Å². The summed E-state index contributed by atoms with van der Waals surface area (Å²) in [6, 6.07) is 10.1. The SMILES string of the molecule is COc1cccc(F)c1S(=O)(=O)Nc1noc2c1CC1(CC1)c1ccc(N3CC[C@H](O)C3)cc1-2. The number of anilines is 2. The number of nitrogens with zero attached hydrogens (tertiary/aromatic N) is 2. The highest BCUT2D eigenvalue weighted by molar-refractivity contribution is 7.92. The molecule has 178 valence electrons. The molecule has 2 fully saturated rings. The number of aromatic nitrogens is 1. The van der Waals surface area contributed by atoms with Gasteiger partial charge in [-0.2, -0.15) is 0 Å². The summed E-state index contributed by atoms with van der Waals surface area (Å²) in [5.41, 5.74) is 3.63. The average Bonchev–Trinajstić information content (AvgIpc) is 3.27. The Kier molecular flexibility index (Phi) is 4.69. The van der Waals surface area contributed by atoms with Gasteiger partial charge in [-0.05, 0) is 55.5 Å². The molecule has 0 unspecified atom stereocenters. The number of hydrogen-bond acceptors (Lipinski definition) is 7. The van der Waals surface area contributed by atoms with Crippen LogP contribution >= 0.6 is 0 Å². The molecule has 0 amide bonds. The van der Waals surface area contributed by atoms with Crippen molar-refractivity contribution in [2.75, 3.05) is 29.8 Å². The standard InChI is InChI=1S/C24H24FN3O5S/c1-32-20-4-2-3-19(25)22(20)34(30,31)27-23-17-12-24(8-9-24)18-6-5-14(28-10-7-15(29)13-28)11-16(18)21(17)33-26-23/h2-6,11,15,29H,7-10,12-13H2,1H3,(H,26,27)/t15-/m0/s1. The summed E-state index contributed by atoms with van der Waals surface area (Å²) in [7, 11) is -3.03. The fraction of sp³-hybridized carbons (Fsp3) is 0.375. The Labute approximate surface area is 196 Å². The fourth-order valence-corrected chi connectivity index (χ4v) is 6.50. The van der Waals surface area contributed by atoms with E-state index < -0.39 is 20.7 Å². The molecule has 2 N–H and O–H groups in total. The second-order valence-electron chi connectivity index (χ2n) is 9.29. The van der Waals surface area contributed by atoms with Gasteiger partial charge in [-0.1, -0.05) is 17.3 Å². The van der Waals surface area contributed by atoms with Crippen molar-refractivity contribution in [2.24, 2.45) is 0 Å². The Hall–Kier alpha value is -3.11. The quantitative estimate of drug-likeness (QED) is 0.570. The number of hydrogen-bond donors (Lipinski definition) is 2. The van der Waals surface area contributed by atoms with Gasteiger partial charge in [-0.25, -0.2) is 12.8 Å². The number of sulfonamides is 1. The van der Waals surface area contributed by atoms with E-state index in [4.69, 9.17) is 9.26 Å². The molecule has 8 nitrogen and oxygen atoms in total. The molecular formula is C24H24FN3O5S. The molecule has 34 heavy (non-hydrogen) atoms. The van der Waals surface area contributed by atoms with Crippen LogP contribution in [0.5, 0.6) is 5.75 Å². The lowest BCUT2D eigenvalue weighted by Gasteiger charge is -2.27. The molecule has 1 atom stereocenters. The smallest absolute Gasteiger partial charge is 0.269 e. The Morgan fingerprint density at radius 2 is 2.12 bits per heavy atom. The minimum atomic E-state index is -4.32. The third-order valence-electron chi connectivity index (χ3n) is 7.16. The van der Waals surface area contributed by atoms with Crippen LogP contribution in [0, 0.1) is 5.82 Å². The van der Waals surface area contributed by atoms with E-state index in [1.807, 2.05) is 6.07 Å². The van der Waals surface area contributed by atoms with Crippen LogP contribution in [-0.4, -0.2) is 45.0 Å². The summed E-state index contributed by atoms with van der Waals surface area (Å²) in [6.45, 7) is 1.34. The molecule has 2 aliphatic carbocycles. The summed E-state index contributed by atoms with van der Waals surface area (Å²) in [5.74, 6) is -0.413. The maximum atomic E-state index is 14.5. The molecule has 2 heterocycles. The van der Waals surface area contributed by atoms with Gasteiger partial charge in [0.05, 0.1) is 13.2 Å². The lowest BCUT2D eigenvalue weighted by atomic mass is 9.79.